The molecule has 3 heteroatoms. The fourth-order valence-electron chi connectivity index (χ4n) is 2.76. The number of benzene rings is 2. The molecule has 0 radical (unpaired) electrons. The molecule has 0 unspecified atom stereocenters. The van der Waals surface area contributed by atoms with E-state index in [0.717, 1.165) is 28.9 Å². The van der Waals surface area contributed by atoms with Crippen molar-refractivity contribution in [3.8, 4) is 5.75 Å². The van der Waals surface area contributed by atoms with Crippen molar-refractivity contribution in [3.63, 3.8) is 0 Å². The predicted molar refractivity (Wildman–Crippen MR) is 103 cm³/mol. The second kappa shape index (κ2) is 8.70. The normalized spacial score (nSPS) is 13.2. The first kappa shape index (κ1) is 19.0. The van der Waals surface area contributed by atoms with Crippen LogP contribution in [0.2, 0.25) is 0 Å². The number of amides is 1. The van der Waals surface area contributed by atoms with Gasteiger partial charge in [0.15, 0.2) is 6.10 Å². The number of carbonyl (C=O) groups excluding carboxylic acids is 1. The fraction of sp³-hybridized carbons (Fsp3) is 0.409. The van der Waals surface area contributed by atoms with Crippen LogP contribution in [0.1, 0.15) is 55.5 Å². The molecule has 2 aromatic carbocycles. The molecule has 0 aliphatic rings. The van der Waals surface area contributed by atoms with Gasteiger partial charge in [0, 0.05) is 0 Å². The van der Waals surface area contributed by atoms with Crippen LogP contribution in [0.3, 0.4) is 0 Å². The third-order valence-corrected chi connectivity index (χ3v) is 4.73. The van der Waals surface area contributed by atoms with Crippen molar-refractivity contribution in [2.24, 2.45) is 0 Å². The summed E-state index contributed by atoms with van der Waals surface area (Å²) in [5.41, 5.74) is 4.65. The van der Waals surface area contributed by atoms with Gasteiger partial charge >= 0.3 is 0 Å². The summed E-state index contributed by atoms with van der Waals surface area (Å²) in [7, 11) is 0. The minimum atomic E-state index is -0.488. The highest BCUT2D eigenvalue weighted by Gasteiger charge is 2.21. The lowest BCUT2D eigenvalue weighted by molar-refractivity contribution is -0.128. The number of ether oxygens (including phenoxy) is 1. The highest BCUT2D eigenvalue weighted by atomic mass is 16.5. The monoisotopic (exact) mass is 339 g/mol. The SMILES string of the molecule is CCc1ccc([C@@H](C)NC(=O)[C@@H](CC)Oc2cccc(C)c2C)cc1. The van der Waals surface area contributed by atoms with Crippen LogP contribution in [0.4, 0.5) is 0 Å². The molecule has 1 amide bonds. The molecule has 25 heavy (non-hydrogen) atoms. The summed E-state index contributed by atoms with van der Waals surface area (Å²) in [6, 6.07) is 14.3. The first-order valence-corrected chi connectivity index (χ1v) is 9.08. The van der Waals surface area contributed by atoms with E-state index in [1.165, 1.54) is 5.56 Å². The van der Waals surface area contributed by atoms with Gasteiger partial charge in [-0.15, -0.1) is 0 Å². The summed E-state index contributed by atoms with van der Waals surface area (Å²) >= 11 is 0. The van der Waals surface area contributed by atoms with Crippen molar-refractivity contribution in [1.82, 2.24) is 5.32 Å². The molecule has 2 rings (SSSR count). The summed E-state index contributed by atoms with van der Waals surface area (Å²) in [5, 5.41) is 3.08. The van der Waals surface area contributed by atoms with Gasteiger partial charge in [-0.1, -0.05) is 50.2 Å². The van der Waals surface area contributed by atoms with Crippen molar-refractivity contribution in [3.05, 3.63) is 64.7 Å². The summed E-state index contributed by atoms with van der Waals surface area (Å²) in [6.45, 7) is 10.2. The van der Waals surface area contributed by atoms with Gasteiger partial charge in [-0.05, 0) is 61.9 Å². The molecule has 0 spiro atoms. The number of rotatable bonds is 7. The molecule has 2 atom stereocenters. The van der Waals surface area contributed by atoms with Gasteiger partial charge in [-0.2, -0.15) is 0 Å². The smallest absolute Gasteiger partial charge is 0.261 e. The van der Waals surface area contributed by atoms with Crippen LogP contribution in [0.15, 0.2) is 42.5 Å². The minimum absolute atomic E-state index is 0.0466. The Kier molecular flexibility index (Phi) is 6.63. The Morgan fingerprint density at radius 2 is 1.76 bits per heavy atom. The van der Waals surface area contributed by atoms with Gasteiger partial charge in [-0.3, -0.25) is 4.79 Å². The lowest BCUT2D eigenvalue weighted by Gasteiger charge is -2.22. The van der Waals surface area contributed by atoms with Crippen LogP contribution >= 0.6 is 0 Å². The summed E-state index contributed by atoms with van der Waals surface area (Å²) in [5.74, 6) is 0.706. The Bertz CT molecular complexity index is 706. The maximum absolute atomic E-state index is 12.6. The molecular weight excluding hydrogens is 310 g/mol. The Morgan fingerprint density at radius 1 is 1.08 bits per heavy atom. The lowest BCUT2D eigenvalue weighted by Crippen LogP contribution is -2.39. The second-order valence-corrected chi connectivity index (χ2v) is 6.54. The molecule has 134 valence electrons. The van der Waals surface area contributed by atoms with E-state index >= 15 is 0 Å². The third kappa shape index (κ3) is 4.85. The quantitative estimate of drug-likeness (QED) is 0.779. The highest BCUT2D eigenvalue weighted by Crippen LogP contribution is 2.23. The maximum atomic E-state index is 12.6. The number of hydrogen-bond acceptors (Lipinski definition) is 2. The average molecular weight is 339 g/mol. The van der Waals surface area contributed by atoms with E-state index in [1.54, 1.807) is 0 Å². The molecular formula is C22H29NO2. The van der Waals surface area contributed by atoms with Gasteiger partial charge in [0.1, 0.15) is 5.75 Å². The molecule has 0 aromatic heterocycles. The standard InChI is InChI=1S/C22H29NO2/c1-6-18-11-13-19(14-12-18)17(5)23-22(24)20(7-2)25-21-10-8-9-15(3)16(21)4/h8-14,17,20H,6-7H2,1-5H3,(H,23,24)/t17-,20-/m1/s1. The third-order valence-electron chi connectivity index (χ3n) is 4.73. The van der Waals surface area contributed by atoms with Crippen molar-refractivity contribution in [1.29, 1.82) is 0 Å². The van der Waals surface area contributed by atoms with Crippen molar-refractivity contribution in [2.45, 2.75) is 59.6 Å². The van der Waals surface area contributed by atoms with E-state index in [9.17, 15) is 4.79 Å². The maximum Gasteiger partial charge on any atom is 0.261 e. The topological polar surface area (TPSA) is 38.3 Å². The molecule has 0 fully saturated rings. The first-order valence-electron chi connectivity index (χ1n) is 9.08. The highest BCUT2D eigenvalue weighted by molar-refractivity contribution is 5.81. The Labute approximate surface area is 151 Å². The van der Waals surface area contributed by atoms with Gasteiger partial charge in [0.25, 0.3) is 5.91 Å². The molecule has 3 nitrogen and oxygen atoms in total. The molecule has 2 aromatic rings. The van der Waals surface area contributed by atoms with Crippen molar-refractivity contribution in [2.75, 3.05) is 0 Å². The zero-order valence-corrected chi connectivity index (χ0v) is 15.9. The fourth-order valence-corrected chi connectivity index (χ4v) is 2.76. The molecule has 0 saturated carbocycles. The van der Waals surface area contributed by atoms with E-state index in [0.29, 0.717) is 6.42 Å². The van der Waals surface area contributed by atoms with Crippen molar-refractivity contribution < 1.29 is 9.53 Å². The Balaban J connectivity index is 2.04. The summed E-state index contributed by atoms with van der Waals surface area (Å²) < 4.78 is 6.00. The number of hydrogen-bond donors (Lipinski definition) is 1. The van der Waals surface area contributed by atoms with Gasteiger partial charge in [-0.25, -0.2) is 0 Å². The van der Waals surface area contributed by atoms with E-state index in [2.05, 4.69) is 36.5 Å². The molecule has 0 saturated heterocycles. The van der Waals surface area contributed by atoms with E-state index < -0.39 is 6.10 Å². The van der Waals surface area contributed by atoms with E-state index in [4.69, 9.17) is 4.74 Å². The zero-order valence-electron chi connectivity index (χ0n) is 15.9. The molecule has 1 N–H and O–H groups in total. The summed E-state index contributed by atoms with van der Waals surface area (Å²) in [4.78, 5) is 12.6. The first-order chi connectivity index (χ1) is 12.0. The second-order valence-electron chi connectivity index (χ2n) is 6.54. The van der Waals surface area contributed by atoms with E-state index in [-0.39, 0.29) is 11.9 Å². The number of nitrogens with one attached hydrogen (secondary N) is 1. The van der Waals surface area contributed by atoms with Crippen LogP contribution in [-0.4, -0.2) is 12.0 Å². The van der Waals surface area contributed by atoms with E-state index in [1.807, 2.05) is 45.9 Å². The Hall–Kier alpha value is -2.29. The van der Waals surface area contributed by atoms with Crippen LogP contribution in [0.5, 0.6) is 5.75 Å². The zero-order chi connectivity index (χ0) is 18.4. The van der Waals surface area contributed by atoms with Crippen LogP contribution < -0.4 is 10.1 Å². The molecule has 0 aliphatic heterocycles. The van der Waals surface area contributed by atoms with Gasteiger partial charge in [0.05, 0.1) is 6.04 Å². The number of carbonyl (C=O) groups is 1. The molecule has 0 bridgehead atoms. The van der Waals surface area contributed by atoms with Crippen LogP contribution in [0.25, 0.3) is 0 Å². The minimum Gasteiger partial charge on any atom is -0.480 e. The Morgan fingerprint density at radius 3 is 2.36 bits per heavy atom. The number of aryl methyl sites for hydroxylation is 2. The largest absolute Gasteiger partial charge is 0.480 e. The molecule has 0 aliphatic carbocycles. The van der Waals surface area contributed by atoms with Gasteiger partial charge in [0.2, 0.25) is 0 Å². The van der Waals surface area contributed by atoms with Crippen LogP contribution in [-0.2, 0) is 11.2 Å². The lowest BCUT2D eigenvalue weighted by atomic mass is 10.0. The van der Waals surface area contributed by atoms with Gasteiger partial charge < -0.3 is 10.1 Å². The summed E-state index contributed by atoms with van der Waals surface area (Å²) in [6.07, 6.45) is 1.15. The molecule has 0 heterocycles. The van der Waals surface area contributed by atoms with Crippen molar-refractivity contribution >= 4 is 5.91 Å². The predicted octanol–water partition coefficient (Wildman–Crippen LogP) is 4.90. The van der Waals surface area contributed by atoms with Crippen LogP contribution in [0, 0.1) is 13.8 Å². The average Bonchev–Trinajstić information content (AvgIpc) is 2.62.